The maximum Gasteiger partial charge on any atom is 0.251 e. The topological polar surface area (TPSA) is 81.1 Å². The third-order valence-electron chi connectivity index (χ3n) is 4.09. The van der Waals surface area contributed by atoms with Crippen molar-refractivity contribution in [3.8, 4) is 0 Å². The second-order valence-electron chi connectivity index (χ2n) is 6.43. The molecular formula is C17H21N3O3S. The summed E-state index contributed by atoms with van der Waals surface area (Å²) in [6.45, 7) is 2.70. The van der Waals surface area contributed by atoms with E-state index in [4.69, 9.17) is 0 Å². The van der Waals surface area contributed by atoms with Gasteiger partial charge in [-0.25, -0.2) is 13.4 Å². The maximum atomic E-state index is 12.4. The number of carbonyl (C=O) groups is 1. The van der Waals surface area contributed by atoms with Crippen molar-refractivity contribution in [2.45, 2.75) is 38.1 Å². The van der Waals surface area contributed by atoms with Gasteiger partial charge in [0.1, 0.15) is 5.82 Å². The molecule has 1 aliphatic heterocycles. The Morgan fingerprint density at radius 2 is 2.04 bits per heavy atom. The van der Waals surface area contributed by atoms with Gasteiger partial charge in [0, 0.05) is 37.0 Å². The summed E-state index contributed by atoms with van der Waals surface area (Å²) in [5, 5.41) is 3.05. The highest BCUT2D eigenvalue weighted by Gasteiger charge is 2.21. The van der Waals surface area contributed by atoms with Gasteiger partial charge >= 0.3 is 0 Å². The van der Waals surface area contributed by atoms with Crippen molar-refractivity contribution >= 4 is 15.7 Å². The number of imidazole rings is 1. The molecule has 0 spiro atoms. The molecule has 3 rings (SSSR count). The van der Waals surface area contributed by atoms with Crippen LogP contribution >= 0.6 is 0 Å². The van der Waals surface area contributed by atoms with E-state index in [0.717, 1.165) is 30.9 Å². The third-order valence-corrected chi connectivity index (χ3v) is 4.95. The largest absolute Gasteiger partial charge is 0.347 e. The van der Waals surface area contributed by atoms with Gasteiger partial charge in [-0.15, -0.1) is 0 Å². The van der Waals surface area contributed by atoms with E-state index in [1.807, 2.05) is 13.1 Å². The van der Waals surface area contributed by atoms with Crippen molar-refractivity contribution in [1.29, 1.82) is 0 Å². The summed E-state index contributed by atoms with van der Waals surface area (Å²) in [6, 6.07) is 6.80. The van der Waals surface area contributed by atoms with Crippen molar-refractivity contribution in [1.82, 2.24) is 14.9 Å². The summed E-state index contributed by atoms with van der Waals surface area (Å²) in [5.74, 6) is 0.926. The maximum absolute atomic E-state index is 12.4. The standard InChI is InChI=1S/C17H21N3O3S/c1-12-9-20-10-15(7-8-16(20)18-12)19-17(21)14-5-3-13(4-6-14)11-24(2,22)23/h3-6,9,15H,7-8,10-11H2,1-2H3,(H,19,21)/t15-/m1/s1. The molecule has 7 heteroatoms. The molecule has 1 N–H and O–H groups in total. The summed E-state index contributed by atoms with van der Waals surface area (Å²) in [7, 11) is -3.07. The van der Waals surface area contributed by atoms with Crippen LogP contribution in [0.2, 0.25) is 0 Å². The van der Waals surface area contributed by atoms with Crippen LogP contribution in [0.4, 0.5) is 0 Å². The lowest BCUT2D eigenvalue weighted by molar-refractivity contribution is 0.0927. The number of amides is 1. The Kier molecular flexibility index (Phi) is 4.45. The monoisotopic (exact) mass is 347 g/mol. The summed E-state index contributed by atoms with van der Waals surface area (Å²) in [5.41, 5.74) is 2.23. The number of benzene rings is 1. The second-order valence-corrected chi connectivity index (χ2v) is 8.57. The molecule has 0 unspecified atom stereocenters. The summed E-state index contributed by atoms with van der Waals surface area (Å²) in [4.78, 5) is 16.8. The van der Waals surface area contributed by atoms with Gasteiger partial charge in [0.25, 0.3) is 5.91 Å². The molecule has 1 atom stereocenters. The highest BCUT2D eigenvalue weighted by Crippen LogP contribution is 2.16. The van der Waals surface area contributed by atoms with E-state index in [9.17, 15) is 13.2 Å². The molecule has 0 saturated carbocycles. The molecule has 0 saturated heterocycles. The lowest BCUT2D eigenvalue weighted by atomic mass is 10.1. The van der Waals surface area contributed by atoms with Crippen molar-refractivity contribution in [3.05, 3.63) is 53.1 Å². The number of nitrogens with zero attached hydrogens (tertiary/aromatic N) is 2. The predicted octanol–water partition coefficient (Wildman–Crippen LogP) is 1.48. The fourth-order valence-electron chi connectivity index (χ4n) is 3.03. The number of hydrogen-bond acceptors (Lipinski definition) is 4. The number of fused-ring (bicyclic) bond motifs is 1. The first-order valence-corrected chi connectivity index (χ1v) is 9.96. The Labute approximate surface area is 141 Å². The Bertz CT molecular complexity index is 854. The van der Waals surface area contributed by atoms with Gasteiger partial charge in [0.2, 0.25) is 0 Å². The molecule has 6 nitrogen and oxygen atoms in total. The van der Waals surface area contributed by atoms with Crippen LogP contribution in [0.3, 0.4) is 0 Å². The SMILES string of the molecule is Cc1cn2c(n1)CC[C@@H](NC(=O)c1ccc(CS(C)(=O)=O)cc1)C2. The summed E-state index contributed by atoms with van der Waals surface area (Å²) < 4.78 is 24.7. The number of aryl methyl sites for hydroxylation is 2. The molecule has 0 aliphatic carbocycles. The zero-order chi connectivity index (χ0) is 17.3. The quantitative estimate of drug-likeness (QED) is 0.908. The number of rotatable bonds is 4. The van der Waals surface area contributed by atoms with Crippen LogP contribution in [0.25, 0.3) is 0 Å². The minimum atomic E-state index is -3.07. The lowest BCUT2D eigenvalue weighted by Crippen LogP contribution is -2.40. The van der Waals surface area contributed by atoms with Gasteiger partial charge in [-0.1, -0.05) is 12.1 Å². The molecule has 24 heavy (non-hydrogen) atoms. The zero-order valence-corrected chi connectivity index (χ0v) is 14.6. The van der Waals surface area contributed by atoms with E-state index in [2.05, 4.69) is 14.9 Å². The van der Waals surface area contributed by atoms with Gasteiger partial charge in [-0.2, -0.15) is 0 Å². The van der Waals surface area contributed by atoms with Gasteiger partial charge < -0.3 is 9.88 Å². The second kappa shape index (κ2) is 6.39. The molecule has 2 aromatic rings. The zero-order valence-electron chi connectivity index (χ0n) is 13.8. The molecule has 1 aliphatic rings. The average Bonchev–Trinajstić information content (AvgIpc) is 2.85. The summed E-state index contributed by atoms with van der Waals surface area (Å²) in [6.07, 6.45) is 4.93. The van der Waals surface area contributed by atoms with Crippen LogP contribution in [0.5, 0.6) is 0 Å². The van der Waals surface area contributed by atoms with Crippen molar-refractivity contribution in [3.63, 3.8) is 0 Å². The van der Waals surface area contributed by atoms with E-state index >= 15 is 0 Å². The molecule has 0 fully saturated rings. The van der Waals surface area contributed by atoms with E-state index in [1.165, 1.54) is 6.26 Å². The molecule has 0 bridgehead atoms. The van der Waals surface area contributed by atoms with Gasteiger partial charge in [0.15, 0.2) is 9.84 Å². The van der Waals surface area contributed by atoms with Crippen LogP contribution in [-0.4, -0.2) is 36.2 Å². The molecule has 2 heterocycles. The molecule has 0 radical (unpaired) electrons. The normalized spacial score (nSPS) is 17.3. The number of nitrogens with one attached hydrogen (secondary N) is 1. The van der Waals surface area contributed by atoms with Gasteiger partial charge in [-0.3, -0.25) is 4.79 Å². The first-order valence-electron chi connectivity index (χ1n) is 7.90. The Morgan fingerprint density at radius 1 is 1.33 bits per heavy atom. The van der Waals surface area contributed by atoms with Gasteiger partial charge in [-0.05, 0) is 31.0 Å². The number of sulfone groups is 1. The lowest BCUT2D eigenvalue weighted by Gasteiger charge is -2.24. The van der Waals surface area contributed by atoms with Crippen LogP contribution in [0.15, 0.2) is 30.5 Å². The summed E-state index contributed by atoms with van der Waals surface area (Å²) >= 11 is 0. The van der Waals surface area contributed by atoms with Crippen LogP contribution in [0, 0.1) is 6.92 Å². The Morgan fingerprint density at radius 3 is 2.71 bits per heavy atom. The fraction of sp³-hybridized carbons (Fsp3) is 0.412. The molecule has 128 valence electrons. The van der Waals surface area contributed by atoms with Crippen LogP contribution < -0.4 is 5.32 Å². The molecule has 1 aromatic heterocycles. The highest BCUT2D eigenvalue weighted by atomic mass is 32.2. The van der Waals surface area contributed by atoms with E-state index < -0.39 is 9.84 Å². The number of hydrogen-bond donors (Lipinski definition) is 1. The average molecular weight is 347 g/mol. The van der Waals surface area contributed by atoms with E-state index in [-0.39, 0.29) is 17.7 Å². The minimum absolute atomic E-state index is 0.0136. The van der Waals surface area contributed by atoms with Crippen LogP contribution in [-0.2, 0) is 28.6 Å². The first-order chi connectivity index (χ1) is 11.3. The molecule has 1 aromatic carbocycles. The number of aromatic nitrogens is 2. The predicted molar refractivity (Wildman–Crippen MR) is 91.5 cm³/mol. The van der Waals surface area contributed by atoms with Crippen molar-refractivity contribution in [2.75, 3.05) is 6.26 Å². The minimum Gasteiger partial charge on any atom is -0.347 e. The van der Waals surface area contributed by atoms with Gasteiger partial charge in [0.05, 0.1) is 11.4 Å². The Balaban J connectivity index is 1.63. The number of carbonyl (C=O) groups excluding carboxylic acids is 1. The first kappa shape index (κ1) is 16.7. The Hall–Kier alpha value is -2.15. The van der Waals surface area contributed by atoms with Crippen molar-refractivity contribution < 1.29 is 13.2 Å². The van der Waals surface area contributed by atoms with E-state index in [1.54, 1.807) is 24.3 Å². The van der Waals surface area contributed by atoms with E-state index in [0.29, 0.717) is 11.1 Å². The third kappa shape index (κ3) is 4.03. The smallest absolute Gasteiger partial charge is 0.251 e. The molecular weight excluding hydrogens is 326 g/mol. The van der Waals surface area contributed by atoms with Crippen LogP contribution in [0.1, 0.15) is 33.9 Å². The highest BCUT2D eigenvalue weighted by molar-refractivity contribution is 7.89. The van der Waals surface area contributed by atoms with Crippen molar-refractivity contribution in [2.24, 2.45) is 0 Å². The molecule has 1 amide bonds. The fourth-order valence-corrected chi connectivity index (χ4v) is 3.83.